The van der Waals surface area contributed by atoms with Crippen LogP contribution in [0.4, 0.5) is 13.2 Å². The lowest BCUT2D eigenvalue weighted by molar-refractivity contribution is -0.137. The molecule has 0 fully saturated rings. The minimum atomic E-state index is -4.38. The standard InChI is InChI=1S/C14H16F3N/c1-9(2)10-5-11(13(3,4)8-18)7-12(6-10)14(15,16)17/h5-7,9H,1-4H3. The van der Waals surface area contributed by atoms with Crippen LogP contribution in [0.1, 0.15) is 50.3 Å². The van der Waals surface area contributed by atoms with E-state index in [1.54, 1.807) is 19.9 Å². The first-order chi connectivity index (χ1) is 8.08. The van der Waals surface area contributed by atoms with Gasteiger partial charge in [0.2, 0.25) is 0 Å². The summed E-state index contributed by atoms with van der Waals surface area (Å²) in [5, 5.41) is 9.04. The van der Waals surface area contributed by atoms with Gasteiger partial charge in [-0.1, -0.05) is 19.9 Å². The van der Waals surface area contributed by atoms with Gasteiger partial charge in [0.1, 0.15) is 0 Å². The zero-order valence-corrected chi connectivity index (χ0v) is 10.9. The highest BCUT2D eigenvalue weighted by atomic mass is 19.4. The van der Waals surface area contributed by atoms with Crippen LogP contribution < -0.4 is 0 Å². The molecule has 0 heterocycles. The van der Waals surface area contributed by atoms with Gasteiger partial charge in [-0.2, -0.15) is 18.4 Å². The second-order valence-electron chi connectivity index (χ2n) is 5.23. The van der Waals surface area contributed by atoms with Gasteiger partial charge >= 0.3 is 6.18 Å². The summed E-state index contributed by atoms with van der Waals surface area (Å²) in [4.78, 5) is 0. The van der Waals surface area contributed by atoms with Gasteiger partial charge in [0, 0.05) is 0 Å². The summed E-state index contributed by atoms with van der Waals surface area (Å²) >= 11 is 0. The lowest BCUT2D eigenvalue weighted by Gasteiger charge is -2.20. The van der Waals surface area contributed by atoms with Crippen molar-refractivity contribution < 1.29 is 13.2 Å². The van der Waals surface area contributed by atoms with Crippen molar-refractivity contribution >= 4 is 0 Å². The number of halogens is 3. The maximum absolute atomic E-state index is 12.8. The van der Waals surface area contributed by atoms with Crippen LogP contribution in [-0.4, -0.2) is 0 Å². The van der Waals surface area contributed by atoms with Crippen molar-refractivity contribution in [1.82, 2.24) is 0 Å². The summed E-state index contributed by atoms with van der Waals surface area (Å²) in [5.74, 6) is -0.0134. The number of nitriles is 1. The second-order valence-corrected chi connectivity index (χ2v) is 5.23. The van der Waals surface area contributed by atoms with Crippen LogP contribution in [-0.2, 0) is 11.6 Å². The molecule has 18 heavy (non-hydrogen) atoms. The maximum Gasteiger partial charge on any atom is 0.416 e. The van der Waals surface area contributed by atoms with Gasteiger partial charge in [-0.25, -0.2) is 0 Å². The molecule has 1 aromatic rings. The highest BCUT2D eigenvalue weighted by Crippen LogP contribution is 2.35. The van der Waals surface area contributed by atoms with Gasteiger partial charge in [0.15, 0.2) is 0 Å². The van der Waals surface area contributed by atoms with Crippen LogP contribution in [0.5, 0.6) is 0 Å². The van der Waals surface area contributed by atoms with E-state index in [9.17, 15) is 13.2 Å². The number of alkyl halides is 3. The first kappa shape index (κ1) is 14.6. The number of rotatable bonds is 2. The summed E-state index contributed by atoms with van der Waals surface area (Å²) in [5.41, 5.74) is -0.607. The molecule has 0 aliphatic heterocycles. The highest BCUT2D eigenvalue weighted by Gasteiger charge is 2.33. The Hall–Kier alpha value is -1.50. The lowest BCUT2D eigenvalue weighted by atomic mass is 9.83. The molecule has 0 radical (unpaired) electrons. The Labute approximate surface area is 105 Å². The largest absolute Gasteiger partial charge is 0.416 e. The molecule has 0 aliphatic rings. The van der Waals surface area contributed by atoms with Crippen molar-refractivity contribution in [3.8, 4) is 6.07 Å². The topological polar surface area (TPSA) is 23.8 Å². The van der Waals surface area contributed by atoms with Crippen LogP contribution in [0.3, 0.4) is 0 Å². The van der Waals surface area contributed by atoms with Crippen molar-refractivity contribution in [2.45, 2.75) is 45.2 Å². The zero-order valence-electron chi connectivity index (χ0n) is 10.9. The van der Waals surface area contributed by atoms with Gasteiger partial charge in [-0.05, 0) is 43.0 Å². The van der Waals surface area contributed by atoms with Crippen molar-refractivity contribution in [3.05, 3.63) is 34.9 Å². The molecule has 0 saturated carbocycles. The average Bonchev–Trinajstić information content (AvgIpc) is 2.27. The molecule has 0 N–H and O–H groups in total. The quantitative estimate of drug-likeness (QED) is 0.755. The minimum absolute atomic E-state index is 0.0134. The molecule has 0 unspecified atom stereocenters. The summed E-state index contributed by atoms with van der Waals surface area (Å²) in [7, 11) is 0. The Bertz CT molecular complexity index is 479. The number of hydrogen-bond donors (Lipinski definition) is 0. The molecule has 0 saturated heterocycles. The predicted octanol–water partition coefficient (Wildman–Crippen LogP) is 4.63. The first-order valence-corrected chi connectivity index (χ1v) is 5.72. The molecule has 0 amide bonds. The van der Waals surface area contributed by atoms with Crippen molar-refractivity contribution in [1.29, 1.82) is 5.26 Å². The van der Waals surface area contributed by atoms with E-state index < -0.39 is 17.2 Å². The smallest absolute Gasteiger partial charge is 0.197 e. The lowest BCUT2D eigenvalue weighted by Crippen LogP contribution is -2.17. The summed E-state index contributed by atoms with van der Waals surface area (Å²) in [6.45, 7) is 6.90. The SMILES string of the molecule is CC(C)c1cc(C(F)(F)F)cc(C(C)(C)C#N)c1. The van der Waals surface area contributed by atoms with E-state index >= 15 is 0 Å². The molecule has 0 aromatic heterocycles. The van der Waals surface area contributed by atoms with E-state index in [4.69, 9.17) is 5.26 Å². The minimum Gasteiger partial charge on any atom is -0.197 e. The fraction of sp³-hybridized carbons (Fsp3) is 0.500. The Balaban J connectivity index is 3.47. The molecule has 0 atom stereocenters. The van der Waals surface area contributed by atoms with Crippen LogP contribution in [0.2, 0.25) is 0 Å². The number of nitrogens with zero attached hydrogens (tertiary/aromatic N) is 1. The van der Waals surface area contributed by atoms with Gasteiger partial charge in [-0.3, -0.25) is 0 Å². The van der Waals surface area contributed by atoms with E-state index in [2.05, 4.69) is 0 Å². The molecule has 1 rings (SSSR count). The molecular weight excluding hydrogens is 239 g/mol. The number of benzene rings is 1. The fourth-order valence-corrected chi connectivity index (χ4v) is 1.57. The Morgan fingerprint density at radius 1 is 1.06 bits per heavy atom. The van der Waals surface area contributed by atoms with E-state index in [0.717, 1.165) is 12.1 Å². The molecule has 1 nitrogen and oxygen atoms in total. The Morgan fingerprint density at radius 3 is 1.94 bits per heavy atom. The predicted molar refractivity (Wildman–Crippen MR) is 64.2 cm³/mol. The second kappa shape index (κ2) is 4.64. The molecular formula is C14H16F3N. The molecule has 0 bridgehead atoms. The van der Waals surface area contributed by atoms with E-state index in [1.807, 2.05) is 19.9 Å². The summed E-state index contributed by atoms with van der Waals surface area (Å²) in [6.07, 6.45) is -4.38. The fourth-order valence-electron chi connectivity index (χ4n) is 1.57. The average molecular weight is 255 g/mol. The highest BCUT2D eigenvalue weighted by molar-refractivity contribution is 5.39. The van der Waals surface area contributed by atoms with Gasteiger partial charge < -0.3 is 0 Å². The van der Waals surface area contributed by atoms with E-state index in [0.29, 0.717) is 11.1 Å². The molecule has 1 aromatic carbocycles. The van der Waals surface area contributed by atoms with E-state index in [1.165, 1.54) is 0 Å². The molecule has 98 valence electrons. The third-order valence-corrected chi connectivity index (χ3v) is 2.95. The van der Waals surface area contributed by atoms with Gasteiger partial charge in [0.05, 0.1) is 17.0 Å². The summed E-state index contributed by atoms with van der Waals surface area (Å²) in [6, 6.07) is 5.94. The normalized spacial score (nSPS) is 12.6. The molecule has 4 heteroatoms. The van der Waals surface area contributed by atoms with Crippen molar-refractivity contribution in [3.63, 3.8) is 0 Å². The van der Waals surface area contributed by atoms with E-state index in [-0.39, 0.29) is 5.92 Å². The maximum atomic E-state index is 12.8. The van der Waals surface area contributed by atoms with Crippen molar-refractivity contribution in [2.24, 2.45) is 0 Å². The monoisotopic (exact) mass is 255 g/mol. The first-order valence-electron chi connectivity index (χ1n) is 5.72. The van der Waals surface area contributed by atoms with Gasteiger partial charge in [0.25, 0.3) is 0 Å². The molecule has 0 aliphatic carbocycles. The van der Waals surface area contributed by atoms with Crippen LogP contribution in [0.25, 0.3) is 0 Å². The van der Waals surface area contributed by atoms with Crippen molar-refractivity contribution in [2.75, 3.05) is 0 Å². The van der Waals surface area contributed by atoms with Crippen LogP contribution in [0.15, 0.2) is 18.2 Å². The molecule has 0 spiro atoms. The summed E-state index contributed by atoms with van der Waals surface area (Å²) < 4.78 is 38.5. The Morgan fingerprint density at radius 2 is 1.56 bits per heavy atom. The number of hydrogen-bond acceptors (Lipinski definition) is 1. The third kappa shape index (κ3) is 3.04. The van der Waals surface area contributed by atoms with Crippen LogP contribution in [0, 0.1) is 11.3 Å². The Kier molecular flexibility index (Phi) is 3.75. The third-order valence-electron chi connectivity index (χ3n) is 2.95. The van der Waals surface area contributed by atoms with Crippen LogP contribution >= 0.6 is 0 Å². The van der Waals surface area contributed by atoms with Gasteiger partial charge in [-0.15, -0.1) is 0 Å². The zero-order chi connectivity index (χ0) is 14.1.